The highest BCUT2D eigenvalue weighted by atomic mass is 35.5. The van der Waals surface area contributed by atoms with Crippen molar-refractivity contribution in [3.8, 4) is 0 Å². The molecule has 0 aromatic heterocycles. The standard InChI is InChI=1S/C9H10Cl2O2S/c1-6(2)14(12,13)9-7(10)4-3-5-8(9)11/h3-6H,1-2H3. The van der Waals surface area contributed by atoms with E-state index in [9.17, 15) is 8.42 Å². The summed E-state index contributed by atoms with van der Waals surface area (Å²) in [5.41, 5.74) is 0. The van der Waals surface area contributed by atoms with Gasteiger partial charge >= 0.3 is 0 Å². The average Bonchev–Trinajstić information content (AvgIpc) is 2.02. The Hall–Kier alpha value is -0.250. The summed E-state index contributed by atoms with van der Waals surface area (Å²) in [6.45, 7) is 3.18. The van der Waals surface area contributed by atoms with Gasteiger partial charge in [0, 0.05) is 0 Å². The van der Waals surface area contributed by atoms with Gasteiger partial charge < -0.3 is 0 Å². The molecule has 0 aliphatic heterocycles. The molecule has 0 amide bonds. The van der Waals surface area contributed by atoms with E-state index in [-0.39, 0.29) is 14.9 Å². The molecule has 5 heteroatoms. The first-order chi connectivity index (χ1) is 6.37. The second kappa shape index (κ2) is 4.09. The minimum atomic E-state index is -3.40. The van der Waals surface area contributed by atoms with Crippen LogP contribution in [0.15, 0.2) is 23.1 Å². The maximum atomic E-state index is 11.8. The molecule has 0 saturated carbocycles. The Labute approximate surface area is 93.8 Å². The van der Waals surface area contributed by atoms with Crippen LogP contribution in [0.3, 0.4) is 0 Å². The predicted molar refractivity (Wildman–Crippen MR) is 58.8 cm³/mol. The Morgan fingerprint density at radius 2 is 1.57 bits per heavy atom. The lowest BCUT2D eigenvalue weighted by Crippen LogP contribution is -2.14. The smallest absolute Gasteiger partial charge is 0.183 e. The van der Waals surface area contributed by atoms with Crippen LogP contribution in [0.2, 0.25) is 10.0 Å². The lowest BCUT2D eigenvalue weighted by atomic mass is 10.4. The normalized spacial score (nSPS) is 12.1. The lowest BCUT2D eigenvalue weighted by Gasteiger charge is -2.10. The predicted octanol–water partition coefficient (Wildman–Crippen LogP) is 3.18. The fourth-order valence-electron chi connectivity index (χ4n) is 0.990. The molecule has 0 bridgehead atoms. The Bertz CT molecular complexity index is 418. The lowest BCUT2D eigenvalue weighted by molar-refractivity contribution is 0.587. The van der Waals surface area contributed by atoms with Crippen molar-refractivity contribution in [2.75, 3.05) is 0 Å². The Morgan fingerprint density at radius 3 is 1.93 bits per heavy atom. The van der Waals surface area contributed by atoms with Gasteiger partial charge in [0.1, 0.15) is 4.90 Å². The first-order valence-electron chi connectivity index (χ1n) is 4.05. The number of rotatable bonds is 2. The van der Waals surface area contributed by atoms with Crippen LogP contribution in [0.4, 0.5) is 0 Å². The van der Waals surface area contributed by atoms with E-state index in [4.69, 9.17) is 23.2 Å². The molecule has 0 saturated heterocycles. The van der Waals surface area contributed by atoms with Crippen LogP contribution in [-0.2, 0) is 9.84 Å². The Morgan fingerprint density at radius 1 is 1.14 bits per heavy atom. The first kappa shape index (κ1) is 11.8. The number of hydrogen-bond donors (Lipinski definition) is 0. The molecule has 2 nitrogen and oxygen atoms in total. The van der Waals surface area contributed by atoms with Crippen molar-refractivity contribution in [3.05, 3.63) is 28.2 Å². The van der Waals surface area contributed by atoms with E-state index in [1.165, 1.54) is 12.1 Å². The molecule has 0 spiro atoms. The van der Waals surface area contributed by atoms with E-state index >= 15 is 0 Å². The monoisotopic (exact) mass is 252 g/mol. The maximum absolute atomic E-state index is 11.8. The molecular formula is C9H10Cl2O2S. The van der Waals surface area contributed by atoms with Crippen molar-refractivity contribution >= 4 is 33.0 Å². The highest BCUT2D eigenvalue weighted by molar-refractivity contribution is 7.92. The van der Waals surface area contributed by atoms with Crippen molar-refractivity contribution in [3.63, 3.8) is 0 Å². The van der Waals surface area contributed by atoms with Gasteiger partial charge in [-0.25, -0.2) is 8.42 Å². The third-order valence-corrected chi connectivity index (χ3v) is 4.93. The molecular weight excluding hydrogens is 243 g/mol. The van der Waals surface area contributed by atoms with Crippen LogP contribution in [0.5, 0.6) is 0 Å². The van der Waals surface area contributed by atoms with E-state index in [1.807, 2.05) is 0 Å². The minimum Gasteiger partial charge on any atom is -0.223 e. The molecule has 78 valence electrons. The fourth-order valence-corrected chi connectivity index (χ4v) is 3.18. The molecule has 0 aliphatic rings. The van der Waals surface area contributed by atoms with Gasteiger partial charge in [0.2, 0.25) is 0 Å². The van der Waals surface area contributed by atoms with E-state index in [0.29, 0.717) is 0 Å². The third kappa shape index (κ3) is 2.05. The molecule has 1 aromatic carbocycles. The molecule has 0 atom stereocenters. The highest BCUT2D eigenvalue weighted by Crippen LogP contribution is 2.31. The quantitative estimate of drug-likeness (QED) is 0.811. The third-order valence-electron chi connectivity index (χ3n) is 1.82. The van der Waals surface area contributed by atoms with Crippen LogP contribution in [-0.4, -0.2) is 13.7 Å². The number of halogens is 2. The molecule has 14 heavy (non-hydrogen) atoms. The summed E-state index contributed by atoms with van der Waals surface area (Å²) in [7, 11) is -3.40. The van der Waals surface area contributed by atoms with Crippen molar-refractivity contribution in [2.45, 2.75) is 24.0 Å². The van der Waals surface area contributed by atoms with Gasteiger partial charge in [0.25, 0.3) is 0 Å². The number of sulfone groups is 1. The zero-order valence-corrected chi connectivity index (χ0v) is 10.1. The Kier molecular flexibility index (Phi) is 3.45. The molecule has 0 aliphatic carbocycles. The second-order valence-electron chi connectivity index (χ2n) is 3.14. The Balaban J connectivity index is 3.48. The minimum absolute atomic E-state index is 0.0262. The summed E-state index contributed by atoms with van der Waals surface area (Å²) in [5.74, 6) is 0. The molecule has 1 aromatic rings. The zero-order chi connectivity index (χ0) is 10.9. The van der Waals surface area contributed by atoms with Gasteiger partial charge in [0.15, 0.2) is 9.84 Å². The molecule has 1 rings (SSSR count). The summed E-state index contributed by atoms with van der Waals surface area (Å²) < 4.78 is 23.6. The van der Waals surface area contributed by atoms with Crippen molar-refractivity contribution in [1.29, 1.82) is 0 Å². The van der Waals surface area contributed by atoms with E-state index in [0.717, 1.165) is 0 Å². The number of hydrogen-bond acceptors (Lipinski definition) is 2. The summed E-state index contributed by atoms with van der Waals surface area (Å²) in [6, 6.07) is 4.65. The SMILES string of the molecule is CC(C)S(=O)(=O)c1c(Cl)cccc1Cl. The van der Waals surface area contributed by atoms with Crippen molar-refractivity contribution < 1.29 is 8.42 Å². The highest BCUT2D eigenvalue weighted by Gasteiger charge is 2.24. The fraction of sp³-hybridized carbons (Fsp3) is 0.333. The molecule has 0 radical (unpaired) electrons. The molecule has 0 fully saturated rings. The zero-order valence-electron chi connectivity index (χ0n) is 7.79. The van der Waals surface area contributed by atoms with E-state index < -0.39 is 15.1 Å². The number of benzene rings is 1. The van der Waals surface area contributed by atoms with Gasteiger partial charge in [0.05, 0.1) is 15.3 Å². The molecule has 0 N–H and O–H groups in total. The summed E-state index contributed by atoms with van der Waals surface area (Å²) in [6.07, 6.45) is 0. The van der Waals surface area contributed by atoms with Gasteiger partial charge in [-0.2, -0.15) is 0 Å². The van der Waals surface area contributed by atoms with Gasteiger partial charge in [-0.3, -0.25) is 0 Å². The maximum Gasteiger partial charge on any atom is 0.183 e. The van der Waals surface area contributed by atoms with Crippen LogP contribution in [0, 0.1) is 0 Å². The first-order valence-corrected chi connectivity index (χ1v) is 6.35. The summed E-state index contributed by atoms with van der Waals surface area (Å²) in [4.78, 5) is 0.0262. The second-order valence-corrected chi connectivity index (χ2v) is 6.40. The van der Waals surface area contributed by atoms with Gasteiger partial charge in [-0.05, 0) is 26.0 Å². The van der Waals surface area contributed by atoms with Crippen LogP contribution < -0.4 is 0 Å². The molecule has 0 unspecified atom stereocenters. The topological polar surface area (TPSA) is 34.1 Å². The summed E-state index contributed by atoms with van der Waals surface area (Å²) >= 11 is 11.6. The summed E-state index contributed by atoms with van der Waals surface area (Å²) in [5, 5.41) is -0.183. The van der Waals surface area contributed by atoms with Gasteiger partial charge in [-0.15, -0.1) is 0 Å². The molecule has 0 heterocycles. The van der Waals surface area contributed by atoms with Crippen LogP contribution in [0.25, 0.3) is 0 Å². The van der Waals surface area contributed by atoms with Crippen molar-refractivity contribution in [1.82, 2.24) is 0 Å². The van der Waals surface area contributed by atoms with Crippen LogP contribution >= 0.6 is 23.2 Å². The van der Waals surface area contributed by atoms with E-state index in [2.05, 4.69) is 0 Å². The largest absolute Gasteiger partial charge is 0.223 e. The van der Waals surface area contributed by atoms with E-state index in [1.54, 1.807) is 19.9 Å². The van der Waals surface area contributed by atoms with Crippen LogP contribution in [0.1, 0.15) is 13.8 Å². The average molecular weight is 253 g/mol. The van der Waals surface area contributed by atoms with Gasteiger partial charge in [-0.1, -0.05) is 29.3 Å². The van der Waals surface area contributed by atoms with Crippen molar-refractivity contribution in [2.24, 2.45) is 0 Å².